The van der Waals surface area contributed by atoms with Crippen molar-refractivity contribution in [3.05, 3.63) is 40.9 Å². The molecule has 1 amide bonds. The van der Waals surface area contributed by atoms with Gasteiger partial charge in [-0.15, -0.1) is 11.3 Å². The van der Waals surface area contributed by atoms with Crippen LogP contribution in [-0.2, 0) is 0 Å². The lowest BCUT2D eigenvalue weighted by Gasteiger charge is -2.21. The van der Waals surface area contributed by atoms with Gasteiger partial charge in [-0.2, -0.15) is 0 Å². The average molecular weight is 345 g/mol. The Morgan fingerprint density at radius 1 is 1.35 bits per heavy atom. The molecular formula is C17H19N3OS2. The summed E-state index contributed by atoms with van der Waals surface area (Å²) in [6.45, 7) is 2.00. The second kappa shape index (κ2) is 6.26. The van der Waals surface area contributed by atoms with Gasteiger partial charge in [-0.3, -0.25) is 4.79 Å². The minimum absolute atomic E-state index is 0.0333. The van der Waals surface area contributed by atoms with Crippen LogP contribution >= 0.6 is 23.1 Å². The van der Waals surface area contributed by atoms with Crippen LogP contribution in [0.25, 0.3) is 0 Å². The molecule has 2 bridgehead atoms. The molecule has 1 aromatic carbocycles. The van der Waals surface area contributed by atoms with Crippen molar-refractivity contribution >= 4 is 29.0 Å². The molecule has 2 N–H and O–H groups in total. The maximum absolute atomic E-state index is 12.4. The van der Waals surface area contributed by atoms with Gasteiger partial charge >= 0.3 is 0 Å². The van der Waals surface area contributed by atoms with Crippen molar-refractivity contribution in [2.45, 2.75) is 53.5 Å². The molecule has 2 saturated heterocycles. The summed E-state index contributed by atoms with van der Waals surface area (Å²) in [6.07, 6.45) is 3.49. The molecule has 2 aliphatic heterocycles. The number of hydrogen-bond donors (Lipinski definition) is 2. The van der Waals surface area contributed by atoms with Crippen molar-refractivity contribution in [2.24, 2.45) is 0 Å². The van der Waals surface area contributed by atoms with E-state index < -0.39 is 0 Å². The van der Waals surface area contributed by atoms with Crippen LogP contribution in [0.15, 0.2) is 38.9 Å². The lowest BCUT2D eigenvalue weighted by Crippen LogP contribution is -2.42. The summed E-state index contributed by atoms with van der Waals surface area (Å²) >= 11 is 3.29. The smallest absolute Gasteiger partial charge is 0.251 e. The van der Waals surface area contributed by atoms with Gasteiger partial charge in [-0.25, -0.2) is 4.98 Å². The van der Waals surface area contributed by atoms with Crippen molar-refractivity contribution in [2.75, 3.05) is 0 Å². The second-order valence-corrected chi connectivity index (χ2v) is 8.42. The number of thiazole rings is 1. The highest BCUT2D eigenvalue weighted by Crippen LogP contribution is 2.31. The summed E-state index contributed by atoms with van der Waals surface area (Å²) in [4.78, 5) is 18.0. The van der Waals surface area contributed by atoms with E-state index in [0.717, 1.165) is 26.9 Å². The van der Waals surface area contributed by atoms with E-state index in [2.05, 4.69) is 15.6 Å². The van der Waals surface area contributed by atoms with Gasteiger partial charge in [0, 0.05) is 39.7 Å². The zero-order valence-corrected chi connectivity index (χ0v) is 14.5. The number of benzene rings is 1. The van der Waals surface area contributed by atoms with E-state index in [1.54, 1.807) is 23.1 Å². The number of nitrogens with one attached hydrogen (secondary N) is 2. The number of carbonyl (C=O) groups excluding carboxylic acids is 1. The Hall–Kier alpha value is -1.37. The molecule has 2 aromatic rings. The number of aryl methyl sites for hydroxylation is 1. The van der Waals surface area contributed by atoms with Crippen LogP contribution in [0.1, 0.15) is 35.3 Å². The van der Waals surface area contributed by atoms with E-state index >= 15 is 0 Å². The Kier molecular flexibility index (Phi) is 4.13. The minimum Gasteiger partial charge on any atom is -0.348 e. The Morgan fingerprint density at radius 2 is 2.17 bits per heavy atom. The monoisotopic (exact) mass is 345 g/mol. The Labute approximate surface area is 144 Å². The molecular weight excluding hydrogens is 326 g/mol. The van der Waals surface area contributed by atoms with E-state index in [-0.39, 0.29) is 11.9 Å². The number of hydrogen-bond acceptors (Lipinski definition) is 5. The fraction of sp³-hybridized carbons (Fsp3) is 0.412. The van der Waals surface area contributed by atoms with Gasteiger partial charge in [0.1, 0.15) is 0 Å². The normalized spacial score (nSPS) is 25.7. The van der Waals surface area contributed by atoms with Gasteiger partial charge in [0.2, 0.25) is 0 Å². The SMILES string of the molecule is Cc1csc(Sc2ccc(C(=O)NC3CC4CCC3N4)cc2)n1. The molecule has 0 saturated carbocycles. The van der Waals surface area contributed by atoms with Crippen LogP contribution in [0.3, 0.4) is 0 Å². The largest absolute Gasteiger partial charge is 0.348 e. The summed E-state index contributed by atoms with van der Waals surface area (Å²) in [5.74, 6) is 0.0333. The third-order valence-electron chi connectivity index (χ3n) is 4.54. The second-order valence-electron chi connectivity index (χ2n) is 6.24. The Balaban J connectivity index is 1.38. The van der Waals surface area contributed by atoms with Crippen LogP contribution in [0.5, 0.6) is 0 Å². The van der Waals surface area contributed by atoms with Gasteiger partial charge < -0.3 is 10.6 Å². The average Bonchev–Trinajstić information content (AvgIpc) is 3.25. The van der Waals surface area contributed by atoms with E-state index in [9.17, 15) is 4.79 Å². The summed E-state index contributed by atoms with van der Waals surface area (Å²) in [5.41, 5.74) is 1.78. The van der Waals surface area contributed by atoms with Crippen LogP contribution < -0.4 is 10.6 Å². The number of amides is 1. The molecule has 0 radical (unpaired) electrons. The van der Waals surface area contributed by atoms with Crippen molar-refractivity contribution in [3.63, 3.8) is 0 Å². The first-order chi connectivity index (χ1) is 11.2. The predicted octanol–water partition coefficient (Wildman–Crippen LogP) is 3.23. The molecule has 3 heterocycles. The van der Waals surface area contributed by atoms with E-state index in [4.69, 9.17) is 0 Å². The molecule has 2 fully saturated rings. The number of carbonyl (C=O) groups is 1. The van der Waals surface area contributed by atoms with Crippen LogP contribution in [0, 0.1) is 6.92 Å². The summed E-state index contributed by atoms with van der Waals surface area (Å²) in [5, 5.41) is 8.78. The lowest BCUT2D eigenvalue weighted by molar-refractivity contribution is 0.0931. The Morgan fingerprint density at radius 3 is 2.78 bits per heavy atom. The van der Waals surface area contributed by atoms with E-state index in [1.165, 1.54) is 12.8 Å². The van der Waals surface area contributed by atoms with Crippen molar-refractivity contribution < 1.29 is 4.79 Å². The molecule has 2 aliphatic rings. The first kappa shape index (κ1) is 15.2. The molecule has 4 rings (SSSR count). The summed E-state index contributed by atoms with van der Waals surface area (Å²) in [6, 6.07) is 9.15. The highest BCUT2D eigenvalue weighted by Gasteiger charge is 2.39. The highest BCUT2D eigenvalue weighted by molar-refractivity contribution is 8.01. The molecule has 0 aliphatic carbocycles. The maximum atomic E-state index is 12.4. The minimum atomic E-state index is 0.0333. The van der Waals surface area contributed by atoms with Crippen molar-refractivity contribution in [3.8, 4) is 0 Å². The number of fused-ring (bicyclic) bond motifs is 2. The summed E-state index contributed by atoms with van der Waals surface area (Å²) in [7, 11) is 0. The molecule has 6 heteroatoms. The number of rotatable bonds is 4. The third kappa shape index (κ3) is 3.29. The fourth-order valence-electron chi connectivity index (χ4n) is 3.39. The summed E-state index contributed by atoms with van der Waals surface area (Å²) < 4.78 is 1.03. The first-order valence-corrected chi connectivity index (χ1v) is 9.64. The van der Waals surface area contributed by atoms with Crippen LogP contribution in [0.2, 0.25) is 0 Å². The van der Waals surface area contributed by atoms with Gasteiger partial charge in [-0.1, -0.05) is 11.8 Å². The van der Waals surface area contributed by atoms with E-state index in [1.807, 2.05) is 36.6 Å². The zero-order valence-electron chi connectivity index (χ0n) is 12.9. The lowest BCUT2D eigenvalue weighted by atomic mass is 9.95. The predicted molar refractivity (Wildman–Crippen MR) is 93.2 cm³/mol. The van der Waals surface area contributed by atoms with Crippen molar-refractivity contribution in [1.29, 1.82) is 0 Å². The van der Waals surface area contributed by atoms with Gasteiger partial charge in [0.25, 0.3) is 5.91 Å². The van der Waals surface area contributed by atoms with Gasteiger partial charge in [-0.05, 0) is 50.5 Å². The standard InChI is InChI=1S/C17H19N3OS2/c1-10-9-22-17(18-10)23-13-5-2-11(3-6-13)16(21)20-15-8-12-4-7-14(15)19-12/h2-3,5-6,9,12,14-15,19H,4,7-8H2,1H3,(H,20,21). The topological polar surface area (TPSA) is 54.0 Å². The number of nitrogens with zero attached hydrogens (tertiary/aromatic N) is 1. The van der Waals surface area contributed by atoms with E-state index in [0.29, 0.717) is 12.1 Å². The van der Waals surface area contributed by atoms with Crippen LogP contribution in [0.4, 0.5) is 0 Å². The van der Waals surface area contributed by atoms with Crippen molar-refractivity contribution in [1.82, 2.24) is 15.6 Å². The third-order valence-corrected chi connectivity index (χ3v) is 6.60. The van der Waals surface area contributed by atoms with Gasteiger partial charge in [0.15, 0.2) is 4.34 Å². The molecule has 120 valence electrons. The Bertz CT molecular complexity index is 713. The molecule has 1 aromatic heterocycles. The zero-order chi connectivity index (χ0) is 15.8. The highest BCUT2D eigenvalue weighted by atomic mass is 32.2. The fourth-order valence-corrected chi connectivity index (χ4v) is 5.20. The quantitative estimate of drug-likeness (QED) is 0.893. The van der Waals surface area contributed by atoms with Crippen LogP contribution in [-0.4, -0.2) is 29.0 Å². The maximum Gasteiger partial charge on any atom is 0.251 e. The molecule has 3 unspecified atom stereocenters. The molecule has 4 nitrogen and oxygen atoms in total. The molecule has 3 atom stereocenters. The molecule has 23 heavy (non-hydrogen) atoms. The number of aromatic nitrogens is 1. The first-order valence-electron chi connectivity index (χ1n) is 7.94. The molecule has 0 spiro atoms. The van der Waals surface area contributed by atoms with Gasteiger partial charge in [0.05, 0.1) is 0 Å².